The van der Waals surface area contributed by atoms with Crippen molar-refractivity contribution in [2.45, 2.75) is 6.92 Å². The fourth-order valence-electron chi connectivity index (χ4n) is 2.27. The lowest BCUT2D eigenvalue weighted by Gasteiger charge is -2.28. The second-order valence-electron chi connectivity index (χ2n) is 4.34. The van der Waals surface area contributed by atoms with Gasteiger partial charge in [0.2, 0.25) is 0 Å². The molecule has 100 valence electrons. The molecule has 0 radical (unpaired) electrons. The average molecular weight is 279 g/mol. The Balaban J connectivity index is 2.16. The van der Waals surface area contributed by atoms with Crippen LogP contribution >= 0.6 is 11.3 Å². The minimum atomic E-state index is -0.909. The molecule has 0 atom stereocenters. The van der Waals surface area contributed by atoms with Gasteiger partial charge in [-0.1, -0.05) is 0 Å². The van der Waals surface area contributed by atoms with Gasteiger partial charge in [0, 0.05) is 13.1 Å². The van der Waals surface area contributed by atoms with Crippen molar-refractivity contribution in [3.05, 3.63) is 16.8 Å². The maximum atomic E-state index is 11.2. The molecule has 2 aromatic rings. The van der Waals surface area contributed by atoms with Crippen LogP contribution in [0.25, 0.3) is 10.2 Å². The quantitative estimate of drug-likeness (QED) is 0.898. The van der Waals surface area contributed by atoms with E-state index in [0.717, 1.165) is 34.7 Å². The van der Waals surface area contributed by atoms with Crippen LogP contribution in [0, 0.1) is 6.92 Å². The number of carboxylic acid groups (broad SMARTS) is 1. The molecule has 0 amide bonds. The lowest BCUT2D eigenvalue weighted by atomic mass is 10.2. The summed E-state index contributed by atoms with van der Waals surface area (Å²) >= 11 is 1.20. The van der Waals surface area contributed by atoms with E-state index in [9.17, 15) is 9.90 Å². The zero-order valence-corrected chi connectivity index (χ0v) is 11.2. The van der Waals surface area contributed by atoms with E-state index < -0.39 is 5.97 Å². The molecule has 0 aromatic carbocycles. The minimum absolute atomic E-state index is 0.338. The predicted molar refractivity (Wildman–Crippen MR) is 72.1 cm³/mol. The van der Waals surface area contributed by atoms with Gasteiger partial charge in [-0.2, -0.15) is 0 Å². The standard InChI is InChI=1S/C12H13N3O3S/c1-7-8-10(15-2-4-18-5-3-15)13-6-14-11(8)19-9(7)12(16)17/h6H,2-5H2,1H3,(H,16,17). The summed E-state index contributed by atoms with van der Waals surface area (Å²) in [5.74, 6) is -0.0945. The van der Waals surface area contributed by atoms with E-state index in [0.29, 0.717) is 18.1 Å². The number of nitrogens with zero attached hydrogens (tertiary/aromatic N) is 3. The molecule has 1 N–H and O–H groups in total. The Kier molecular flexibility index (Phi) is 3.08. The number of hydrogen-bond acceptors (Lipinski definition) is 6. The van der Waals surface area contributed by atoms with Gasteiger partial charge in [0.15, 0.2) is 0 Å². The summed E-state index contributed by atoms with van der Waals surface area (Å²) in [5.41, 5.74) is 0.745. The van der Waals surface area contributed by atoms with Gasteiger partial charge < -0.3 is 14.7 Å². The highest BCUT2D eigenvalue weighted by Gasteiger charge is 2.22. The molecule has 1 aliphatic heterocycles. The van der Waals surface area contributed by atoms with E-state index in [-0.39, 0.29) is 0 Å². The number of hydrogen-bond donors (Lipinski definition) is 1. The van der Waals surface area contributed by atoms with Gasteiger partial charge in [-0.05, 0) is 12.5 Å². The van der Waals surface area contributed by atoms with E-state index in [1.807, 2.05) is 6.92 Å². The molecule has 1 aliphatic rings. The van der Waals surface area contributed by atoms with Crippen LogP contribution in [0.5, 0.6) is 0 Å². The molecule has 0 aliphatic carbocycles. The molecule has 19 heavy (non-hydrogen) atoms. The number of anilines is 1. The fourth-order valence-corrected chi connectivity index (χ4v) is 3.25. The van der Waals surface area contributed by atoms with E-state index >= 15 is 0 Å². The second-order valence-corrected chi connectivity index (χ2v) is 5.34. The molecular weight excluding hydrogens is 266 g/mol. The number of rotatable bonds is 2. The molecule has 6 nitrogen and oxygen atoms in total. The second kappa shape index (κ2) is 4.75. The molecule has 3 heterocycles. The summed E-state index contributed by atoms with van der Waals surface area (Å²) < 4.78 is 5.33. The third kappa shape index (κ3) is 2.04. The number of carbonyl (C=O) groups is 1. The van der Waals surface area contributed by atoms with Gasteiger partial charge in [-0.15, -0.1) is 11.3 Å². The number of thiophene rings is 1. The predicted octanol–water partition coefficient (Wildman–Crippen LogP) is 1.53. The third-order valence-electron chi connectivity index (χ3n) is 3.21. The van der Waals surface area contributed by atoms with Crippen molar-refractivity contribution < 1.29 is 14.6 Å². The summed E-state index contributed by atoms with van der Waals surface area (Å²) in [6, 6.07) is 0. The lowest BCUT2D eigenvalue weighted by Crippen LogP contribution is -2.36. The summed E-state index contributed by atoms with van der Waals surface area (Å²) in [7, 11) is 0. The number of morpholine rings is 1. The van der Waals surface area contributed by atoms with Crippen molar-refractivity contribution in [2.24, 2.45) is 0 Å². The Bertz CT molecular complexity index is 634. The summed E-state index contributed by atoms with van der Waals surface area (Å²) in [5, 5.41) is 10.1. The van der Waals surface area contributed by atoms with Gasteiger partial charge in [-0.3, -0.25) is 0 Å². The first-order valence-corrected chi connectivity index (χ1v) is 6.80. The highest BCUT2D eigenvalue weighted by atomic mass is 32.1. The normalized spacial score (nSPS) is 15.9. The Labute approximate surface area is 113 Å². The molecule has 0 saturated carbocycles. The summed E-state index contributed by atoms with van der Waals surface area (Å²) in [4.78, 5) is 22.9. The minimum Gasteiger partial charge on any atom is -0.477 e. The molecule has 1 saturated heterocycles. The maximum Gasteiger partial charge on any atom is 0.346 e. The number of aromatic carboxylic acids is 1. The SMILES string of the molecule is Cc1c(C(=O)O)sc2ncnc(N3CCOCC3)c12. The van der Waals surface area contributed by atoms with Gasteiger partial charge in [0.05, 0.1) is 18.6 Å². The Morgan fingerprint density at radius 1 is 1.42 bits per heavy atom. The molecule has 1 fully saturated rings. The molecule has 0 unspecified atom stereocenters. The first kappa shape index (κ1) is 12.3. The lowest BCUT2D eigenvalue weighted by molar-refractivity contribution is 0.0701. The van der Waals surface area contributed by atoms with E-state index in [4.69, 9.17) is 4.74 Å². The first-order valence-electron chi connectivity index (χ1n) is 5.98. The number of aromatic nitrogens is 2. The summed E-state index contributed by atoms with van der Waals surface area (Å²) in [6.07, 6.45) is 1.49. The van der Waals surface area contributed by atoms with Gasteiger partial charge in [-0.25, -0.2) is 14.8 Å². The topological polar surface area (TPSA) is 75.5 Å². The fraction of sp³-hybridized carbons (Fsp3) is 0.417. The van der Waals surface area contributed by atoms with Gasteiger partial charge >= 0.3 is 5.97 Å². The molecule has 0 spiro atoms. The van der Waals surface area contributed by atoms with Crippen molar-refractivity contribution in [3.8, 4) is 0 Å². The number of aryl methyl sites for hydroxylation is 1. The third-order valence-corrected chi connectivity index (χ3v) is 4.40. The van der Waals surface area contributed by atoms with Crippen molar-refractivity contribution in [2.75, 3.05) is 31.2 Å². The van der Waals surface area contributed by atoms with Crippen LogP contribution < -0.4 is 4.90 Å². The van der Waals surface area contributed by atoms with Crippen LogP contribution in [0.3, 0.4) is 0 Å². The van der Waals surface area contributed by atoms with Crippen LogP contribution in [-0.2, 0) is 4.74 Å². The van der Waals surface area contributed by atoms with Gasteiger partial charge in [0.1, 0.15) is 21.9 Å². The van der Waals surface area contributed by atoms with Crippen LogP contribution in [0.15, 0.2) is 6.33 Å². The monoisotopic (exact) mass is 279 g/mol. The Hall–Kier alpha value is -1.73. The van der Waals surface area contributed by atoms with Crippen LogP contribution in [-0.4, -0.2) is 47.3 Å². The average Bonchev–Trinajstić information content (AvgIpc) is 2.78. The van der Waals surface area contributed by atoms with Crippen LogP contribution in [0.4, 0.5) is 5.82 Å². The number of carboxylic acids is 1. The van der Waals surface area contributed by atoms with Crippen LogP contribution in [0.1, 0.15) is 15.2 Å². The Morgan fingerprint density at radius 2 is 2.16 bits per heavy atom. The van der Waals surface area contributed by atoms with E-state index in [2.05, 4.69) is 14.9 Å². The van der Waals surface area contributed by atoms with Crippen molar-refractivity contribution in [3.63, 3.8) is 0 Å². The Morgan fingerprint density at radius 3 is 2.84 bits per heavy atom. The zero-order chi connectivity index (χ0) is 13.4. The number of ether oxygens (including phenoxy) is 1. The van der Waals surface area contributed by atoms with Crippen LogP contribution in [0.2, 0.25) is 0 Å². The molecular formula is C12H13N3O3S. The van der Waals surface area contributed by atoms with E-state index in [1.54, 1.807) is 0 Å². The molecule has 7 heteroatoms. The highest BCUT2D eigenvalue weighted by molar-refractivity contribution is 7.20. The maximum absolute atomic E-state index is 11.2. The zero-order valence-electron chi connectivity index (χ0n) is 10.4. The molecule has 3 rings (SSSR count). The molecule has 2 aromatic heterocycles. The summed E-state index contributed by atoms with van der Waals surface area (Å²) in [6.45, 7) is 4.68. The van der Waals surface area contributed by atoms with Crippen molar-refractivity contribution in [1.82, 2.24) is 9.97 Å². The van der Waals surface area contributed by atoms with Crippen molar-refractivity contribution >= 4 is 33.3 Å². The number of fused-ring (bicyclic) bond motifs is 1. The largest absolute Gasteiger partial charge is 0.477 e. The molecule has 0 bridgehead atoms. The van der Waals surface area contributed by atoms with E-state index in [1.165, 1.54) is 17.7 Å². The smallest absolute Gasteiger partial charge is 0.346 e. The van der Waals surface area contributed by atoms with Crippen molar-refractivity contribution in [1.29, 1.82) is 0 Å². The van der Waals surface area contributed by atoms with Gasteiger partial charge in [0.25, 0.3) is 0 Å². The first-order chi connectivity index (χ1) is 9.18. The highest BCUT2D eigenvalue weighted by Crippen LogP contribution is 2.34.